The lowest BCUT2D eigenvalue weighted by molar-refractivity contribution is -0.137. The molecule has 0 bridgehead atoms. The van der Waals surface area contributed by atoms with Gasteiger partial charge >= 0.3 is 0 Å². The highest BCUT2D eigenvalue weighted by Gasteiger charge is 2.32. The Balaban J connectivity index is 1.20. The molecule has 4 heterocycles. The summed E-state index contributed by atoms with van der Waals surface area (Å²) in [6.45, 7) is 3.87. The molecule has 2 fully saturated rings. The molecule has 1 amide bonds. The normalized spacial score (nSPS) is 19.0. The molecule has 2 saturated heterocycles. The van der Waals surface area contributed by atoms with Gasteiger partial charge in [0.2, 0.25) is 16.0 Å². The highest BCUT2D eigenvalue weighted by atomic mass is 35.5. The third kappa shape index (κ3) is 4.36. The van der Waals surface area contributed by atoms with E-state index in [4.69, 9.17) is 21.7 Å². The first-order valence-electron chi connectivity index (χ1n) is 11.3. The molecule has 2 aromatic heterocycles. The third-order valence-corrected chi connectivity index (χ3v) is 8.11. The van der Waals surface area contributed by atoms with Crippen LogP contribution in [0.3, 0.4) is 0 Å². The van der Waals surface area contributed by atoms with Crippen LogP contribution in [0.4, 0.5) is 5.13 Å². The van der Waals surface area contributed by atoms with Crippen LogP contribution in [0.1, 0.15) is 25.7 Å². The third-order valence-electron chi connectivity index (χ3n) is 6.87. The average Bonchev–Trinajstić information content (AvgIpc) is 3.39. The Morgan fingerprint density at radius 2 is 1.78 bits per heavy atom. The Morgan fingerprint density at radius 1 is 1.09 bits per heavy atom. The summed E-state index contributed by atoms with van der Waals surface area (Å²) in [4.78, 5) is 25.4. The van der Waals surface area contributed by atoms with Crippen LogP contribution in [0.15, 0.2) is 30.5 Å². The quantitative estimate of drug-likeness (QED) is 0.576. The van der Waals surface area contributed by atoms with Crippen molar-refractivity contribution >= 4 is 38.9 Å². The first-order valence-corrected chi connectivity index (χ1v) is 12.5. The van der Waals surface area contributed by atoms with E-state index < -0.39 is 0 Å². The summed E-state index contributed by atoms with van der Waals surface area (Å²) in [6.07, 6.45) is 5.88. The number of hydrogen-bond acceptors (Lipinski definition) is 6. The molecular formula is C23H29ClN6OS. The monoisotopic (exact) mass is 472 g/mol. The molecule has 9 heteroatoms. The number of halogens is 1. The fourth-order valence-electron chi connectivity index (χ4n) is 4.75. The largest absolute Gasteiger partial charge is 0.347 e. The smallest absolute Gasteiger partial charge is 0.225 e. The molecule has 32 heavy (non-hydrogen) atoms. The fraction of sp³-hybridized carbons (Fsp3) is 0.522. The highest BCUT2D eigenvalue weighted by molar-refractivity contribution is 7.20. The van der Waals surface area contributed by atoms with Gasteiger partial charge in [-0.3, -0.25) is 4.79 Å². The molecule has 0 saturated carbocycles. The molecule has 0 N–H and O–H groups in total. The molecule has 7 nitrogen and oxygen atoms in total. The molecule has 0 atom stereocenters. The molecule has 170 valence electrons. The number of fused-ring (bicyclic) bond motifs is 1. The van der Waals surface area contributed by atoms with Gasteiger partial charge in [0.15, 0.2) is 0 Å². The van der Waals surface area contributed by atoms with E-state index in [1.807, 2.05) is 46.9 Å². The first-order chi connectivity index (χ1) is 15.5. The van der Waals surface area contributed by atoms with Gasteiger partial charge in [0.1, 0.15) is 0 Å². The summed E-state index contributed by atoms with van der Waals surface area (Å²) in [5.74, 6) is 0.442. The van der Waals surface area contributed by atoms with Crippen molar-refractivity contribution in [2.45, 2.75) is 31.7 Å². The zero-order valence-corrected chi connectivity index (χ0v) is 20.1. The van der Waals surface area contributed by atoms with Gasteiger partial charge in [0.05, 0.1) is 11.9 Å². The van der Waals surface area contributed by atoms with E-state index in [2.05, 4.69) is 16.8 Å². The molecule has 0 unspecified atom stereocenters. The van der Waals surface area contributed by atoms with Gasteiger partial charge in [-0.05, 0) is 58.0 Å². The number of carbonyl (C=O) groups is 1. The summed E-state index contributed by atoms with van der Waals surface area (Å²) >= 11 is 7.59. The summed E-state index contributed by atoms with van der Waals surface area (Å²) in [7, 11) is 4.15. The highest BCUT2D eigenvalue weighted by Crippen LogP contribution is 2.31. The van der Waals surface area contributed by atoms with E-state index >= 15 is 0 Å². The van der Waals surface area contributed by atoms with Crippen LogP contribution in [0.2, 0.25) is 5.02 Å². The maximum absolute atomic E-state index is 13.1. The molecule has 2 aliphatic rings. The summed E-state index contributed by atoms with van der Waals surface area (Å²) < 4.78 is 1.86. The van der Waals surface area contributed by atoms with Crippen molar-refractivity contribution in [3.05, 3.63) is 35.5 Å². The van der Waals surface area contributed by atoms with Crippen molar-refractivity contribution in [2.24, 2.45) is 5.92 Å². The number of piperidine rings is 2. The Labute approximate surface area is 197 Å². The van der Waals surface area contributed by atoms with E-state index in [9.17, 15) is 4.79 Å². The van der Waals surface area contributed by atoms with Crippen LogP contribution in [0.5, 0.6) is 0 Å². The van der Waals surface area contributed by atoms with Gasteiger partial charge in [0.25, 0.3) is 0 Å². The second kappa shape index (κ2) is 9.00. The molecule has 1 aromatic carbocycles. The number of benzene rings is 1. The lowest BCUT2D eigenvalue weighted by Gasteiger charge is -2.38. The van der Waals surface area contributed by atoms with Gasteiger partial charge in [0, 0.05) is 42.7 Å². The van der Waals surface area contributed by atoms with Gasteiger partial charge in [-0.2, -0.15) is 0 Å². The van der Waals surface area contributed by atoms with Crippen LogP contribution in [-0.4, -0.2) is 76.6 Å². The predicted octanol–water partition coefficient (Wildman–Crippen LogP) is 3.88. The number of amides is 1. The molecule has 5 rings (SSSR count). The van der Waals surface area contributed by atoms with Crippen LogP contribution < -0.4 is 4.90 Å². The number of hydrogen-bond donors (Lipinski definition) is 0. The Kier molecular flexibility index (Phi) is 6.09. The van der Waals surface area contributed by atoms with Gasteiger partial charge in [-0.25, -0.2) is 9.50 Å². The second-order valence-electron chi connectivity index (χ2n) is 8.99. The summed E-state index contributed by atoms with van der Waals surface area (Å²) in [5.41, 5.74) is 1.93. The Morgan fingerprint density at radius 3 is 2.44 bits per heavy atom. The molecule has 3 aromatic rings. The fourth-order valence-corrected chi connectivity index (χ4v) is 5.81. The van der Waals surface area contributed by atoms with Crippen LogP contribution in [-0.2, 0) is 4.79 Å². The van der Waals surface area contributed by atoms with E-state index in [0.29, 0.717) is 11.9 Å². The lowest BCUT2D eigenvalue weighted by Crippen LogP contribution is -2.48. The molecule has 0 aliphatic carbocycles. The van der Waals surface area contributed by atoms with Crippen LogP contribution in [0, 0.1) is 5.92 Å². The minimum Gasteiger partial charge on any atom is -0.347 e. The standard InChI is InChI=1S/C23H29ClN6OS/c1-27-11-9-19(10-12-27)28(2)21(31)17-7-13-29(14-8-17)23-26-30-15-20(25-22(30)32-23)16-3-5-18(24)6-4-16/h3-6,15,17,19H,7-14H2,1-2H3. The predicted molar refractivity (Wildman–Crippen MR) is 130 cm³/mol. The van der Waals surface area contributed by atoms with Crippen LogP contribution in [0.25, 0.3) is 16.2 Å². The number of rotatable bonds is 4. The van der Waals surface area contributed by atoms with E-state index in [1.165, 1.54) is 0 Å². The first kappa shape index (κ1) is 21.7. The Hall–Kier alpha value is -2.16. The zero-order chi connectivity index (χ0) is 22.2. The number of likely N-dealkylation sites (tertiary alicyclic amines) is 1. The number of anilines is 1. The van der Waals surface area contributed by atoms with Crippen molar-refractivity contribution < 1.29 is 4.79 Å². The number of carbonyl (C=O) groups excluding carboxylic acids is 1. The van der Waals surface area contributed by atoms with Crippen LogP contribution >= 0.6 is 22.9 Å². The lowest BCUT2D eigenvalue weighted by atomic mass is 9.94. The Bertz CT molecular complexity index is 1050. The van der Waals surface area contributed by atoms with Crippen molar-refractivity contribution in [3.8, 4) is 11.3 Å². The number of nitrogens with zero attached hydrogens (tertiary/aromatic N) is 6. The van der Waals surface area contributed by atoms with Gasteiger partial charge in [-0.15, -0.1) is 5.10 Å². The van der Waals surface area contributed by atoms with Crippen molar-refractivity contribution in [2.75, 3.05) is 45.2 Å². The minimum atomic E-state index is 0.122. The minimum absolute atomic E-state index is 0.122. The number of imidazole rings is 1. The molecule has 0 spiro atoms. The molecule has 0 radical (unpaired) electrons. The maximum atomic E-state index is 13.1. The average molecular weight is 473 g/mol. The summed E-state index contributed by atoms with van der Waals surface area (Å²) in [5, 5.41) is 6.45. The second-order valence-corrected chi connectivity index (χ2v) is 10.4. The SMILES string of the molecule is CN1CCC(N(C)C(=O)C2CCN(c3nn4cc(-c5ccc(Cl)cc5)nc4s3)CC2)CC1. The van der Waals surface area contributed by atoms with Gasteiger partial charge < -0.3 is 14.7 Å². The van der Waals surface area contributed by atoms with E-state index in [0.717, 1.165) is 78.2 Å². The van der Waals surface area contributed by atoms with Crippen molar-refractivity contribution in [3.63, 3.8) is 0 Å². The zero-order valence-electron chi connectivity index (χ0n) is 18.6. The van der Waals surface area contributed by atoms with Crippen molar-refractivity contribution in [1.29, 1.82) is 0 Å². The molecular weight excluding hydrogens is 444 g/mol. The molecule has 2 aliphatic heterocycles. The van der Waals surface area contributed by atoms with E-state index in [-0.39, 0.29) is 5.92 Å². The topological polar surface area (TPSA) is 57.0 Å². The summed E-state index contributed by atoms with van der Waals surface area (Å²) in [6, 6.07) is 8.08. The number of aromatic nitrogens is 3. The van der Waals surface area contributed by atoms with Gasteiger partial charge in [-0.1, -0.05) is 35.1 Å². The van der Waals surface area contributed by atoms with Crippen molar-refractivity contribution in [1.82, 2.24) is 24.4 Å². The van der Waals surface area contributed by atoms with E-state index in [1.54, 1.807) is 11.3 Å². The maximum Gasteiger partial charge on any atom is 0.225 e.